The number of halogens is 1. The van der Waals surface area contributed by atoms with E-state index in [1.807, 2.05) is 22.6 Å². The van der Waals surface area contributed by atoms with E-state index >= 15 is 0 Å². The Morgan fingerprint density at radius 2 is 2.00 bits per heavy atom. The van der Waals surface area contributed by atoms with Crippen LogP contribution in [0.4, 0.5) is 0 Å². The second kappa shape index (κ2) is 4.32. The molecule has 1 heterocycles. The number of aromatic amines is 1. The topological polar surface area (TPSA) is 51.3 Å². The van der Waals surface area contributed by atoms with Gasteiger partial charge in [0.1, 0.15) is 11.5 Å². The SMILES string of the molecule is COc1cc(OC)c2c(=O)c(I)c[nH]c2c1. The highest BCUT2D eigenvalue weighted by molar-refractivity contribution is 14.1. The maximum absolute atomic E-state index is 12.0. The van der Waals surface area contributed by atoms with E-state index in [0.29, 0.717) is 26.0 Å². The van der Waals surface area contributed by atoms with Gasteiger partial charge in [-0.1, -0.05) is 0 Å². The Kier molecular flexibility index (Phi) is 3.04. The van der Waals surface area contributed by atoms with Gasteiger partial charge in [-0.15, -0.1) is 0 Å². The molecule has 1 N–H and O–H groups in total. The lowest BCUT2D eigenvalue weighted by Gasteiger charge is -2.08. The lowest BCUT2D eigenvalue weighted by atomic mass is 10.2. The minimum Gasteiger partial charge on any atom is -0.497 e. The van der Waals surface area contributed by atoms with Gasteiger partial charge < -0.3 is 14.5 Å². The van der Waals surface area contributed by atoms with Gasteiger partial charge in [-0.25, -0.2) is 0 Å². The highest BCUT2D eigenvalue weighted by Gasteiger charge is 2.10. The van der Waals surface area contributed by atoms with Crippen molar-refractivity contribution in [2.75, 3.05) is 14.2 Å². The van der Waals surface area contributed by atoms with Gasteiger partial charge in [0.15, 0.2) is 0 Å². The maximum Gasteiger partial charge on any atom is 0.206 e. The number of nitrogens with one attached hydrogen (secondary N) is 1. The average molecular weight is 331 g/mol. The third-order valence-corrected chi connectivity index (χ3v) is 3.13. The molecule has 0 saturated carbocycles. The Hall–Kier alpha value is -1.24. The van der Waals surface area contributed by atoms with Crippen molar-refractivity contribution in [2.24, 2.45) is 0 Å². The molecule has 0 aliphatic carbocycles. The molecule has 0 unspecified atom stereocenters. The lowest BCUT2D eigenvalue weighted by molar-refractivity contribution is 0.397. The van der Waals surface area contributed by atoms with Crippen molar-refractivity contribution in [3.05, 3.63) is 32.1 Å². The first-order valence-corrected chi connectivity index (χ1v) is 5.68. The summed E-state index contributed by atoms with van der Waals surface area (Å²) in [7, 11) is 3.11. The molecule has 2 aromatic rings. The van der Waals surface area contributed by atoms with Crippen LogP contribution in [0.25, 0.3) is 10.9 Å². The molecule has 0 atom stereocenters. The average Bonchev–Trinajstić information content (AvgIpc) is 2.32. The van der Waals surface area contributed by atoms with Crippen molar-refractivity contribution in [3.63, 3.8) is 0 Å². The van der Waals surface area contributed by atoms with Crippen LogP contribution >= 0.6 is 22.6 Å². The Balaban J connectivity index is 2.90. The van der Waals surface area contributed by atoms with Crippen LogP contribution in [0.1, 0.15) is 0 Å². The van der Waals surface area contributed by atoms with E-state index in [4.69, 9.17) is 9.47 Å². The van der Waals surface area contributed by atoms with Crippen molar-refractivity contribution >= 4 is 33.5 Å². The molecule has 0 aliphatic rings. The molecule has 84 valence electrons. The van der Waals surface area contributed by atoms with Crippen LogP contribution in [0.5, 0.6) is 11.5 Å². The quantitative estimate of drug-likeness (QED) is 0.858. The minimum atomic E-state index is -0.0335. The van der Waals surface area contributed by atoms with Crippen molar-refractivity contribution in [3.8, 4) is 11.5 Å². The second-order valence-corrected chi connectivity index (χ2v) is 4.38. The zero-order chi connectivity index (χ0) is 11.7. The van der Waals surface area contributed by atoms with Crippen LogP contribution in [0, 0.1) is 3.57 Å². The molecule has 0 saturated heterocycles. The largest absolute Gasteiger partial charge is 0.497 e. The predicted molar refractivity (Wildman–Crippen MR) is 70.4 cm³/mol. The van der Waals surface area contributed by atoms with Gasteiger partial charge in [-0.3, -0.25) is 4.79 Å². The molecular weight excluding hydrogens is 321 g/mol. The lowest BCUT2D eigenvalue weighted by Crippen LogP contribution is -2.08. The Labute approximate surface area is 106 Å². The van der Waals surface area contributed by atoms with E-state index in [2.05, 4.69) is 4.98 Å². The summed E-state index contributed by atoms with van der Waals surface area (Å²) in [6.07, 6.45) is 1.67. The van der Waals surface area contributed by atoms with E-state index < -0.39 is 0 Å². The number of aromatic nitrogens is 1. The van der Waals surface area contributed by atoms with E-state index in [1.165, 1.54) is 7.11 Å². The number of benzene rings is 1. The smallest absolute Gasteiger partial charge is 0.206 e. The van der Waals surface area contributed by atoms with Gasteiger partial charge in [0.05, 0.1) is 28.7 Å². The Morgan fingerprint density at radius 1 is 1.25 bits per heavy atom. The van der Waals surface area contributed by atoms with Crippen LogP contribution in [0.3, 0.4) is 0 Å². The molecule has 5 heteroatoms. The van der Waals surface area contributed by atoms with E-state index in [1.54, 1.807) is 25.4 Å². The normalized spacial score (nSPS) is 10.4. The van der Waals surface area contributed by atoms with Crippen LogP contribution in [0.15, 0.2) is 23.1 Å². The molecule has 0 fully saturated rings. The molecule has 1 aromatic carbocycles. The summed E-state index contributed by atoms with van der Waals surface area (Å²) in [6, 6.07) is 3.48. The first kappa shape index (κ1) is 11.3. The molecule has 0 amide bonds. The summed E-state index contributed by atoms with van der Waals surface area (Å²) >= 11 is 1.99. The van der Waals surface area contributed by atoms with Gasteiger partial charge in [-0.2, -0.15) is 0 Å². The van der Waals surface area contributed by atoms with Gasteiger partial charge >= 0.3 is 0 Å². The number of H-pyrrole nitrogens is 1. The summed E-state index contributed by atoms with van der Waals surface area (Å²) < 4.78 is 11.0. The molecule has 0 radical (unpaired) electrons. The Bertz CT molecular complexity index is 592. The van der Waals surface area contributed by atoms with Crippen molar-refractivity contribution in [2.45, 2.75) is 0 Å². The van der Waals surface area contributed by atoms with Crippen molar-refractivity contribution in [1.82, 2.24) is 4.98 Å². The molecule has 0 bridgehead atoms. The zero-order valence-electron chi connectivity index (χ0n) is 8.83. The zero-order valence-corrected chi connectivity index (χ0v) is 11.0. The third kappa shape index (κ3) is 1.75. The van der Waals surface area contributed by atoms with Gasteiger partial charge in [0, 0.05) is 18.3 Å². The number of hydrogen-bond acceptors (Lipinski definition) is 3. The number of methoxy groups -OCH3 is 2. The van der Waals surface area contributed by atoms with Crippen LogP contribution in [0.2, 0.25) is 0 Å². The second-order valence-electron chi connectivity index (χ2n) is 3.22. The molecule has 1 aromatic heterocycles. The fraction of sp³-hybridized carbons (Fsp3) is 0.182. The fourth-order valence-corrected chi connectivity index (χ4v) is 1.97. The summed E-state index contributed by atoms with van der Waals surface area (Å²) in [5.74, 6) is 1.18. The molecule has 4 nitrogen and oxygen atoms in total. The molecule has 2 rings (SSSR count). The first-order chi connectivity index (χ1) is 7.67. The van der Waals surface area contributed by atoms with Gasteiger partial charge in [0.25, 0.3) is 0 Å². The van der Waals surface area contributed by atoms with E-state index in [-0.39, 0.29) is 5.43 Å². The summed E-state index contributed by atoms with van der Waals surface area (Å²) in [5.41, 5.74) is 0.676. The number of ether oxygens (including phenoxy) is 2. The van der Waals surface area contributed by atoms with Gasteiger partial charge in [-0.05, 0) is 22.6 Å². The van der Waals surface area contributed by atoms with Gasteiger partial charge in [0.2, 0.25) is 5.43 Å². The monoisotopic (exact) mass is 331 g/mol. The Morgan fingerprint density at radius 3 is 2.62 bits per heavy atom. The highest BCUT2D eigenvalue weighted by atomic mass is 127. The highest BCUT2D eigenvalue weighted by Crippen LogP contribution is 2.27. The van der Waals surface area contributed by atoms with Crippen molar-refractivity contribution in [1.29, 1.82) is 0 Å². The first-order valence-electron chi connectivity index (χ1n) is 4.60. The molecule has 16 heavy (non-hydrogen) atoms. The van der Waals surface area contributed by atoms with Crippen molar-refractivity contribution < 1.29 is 9.47 Å². The fourth-order valence-electron chi connectivity index (χ4n) is 1.54. The van der Waals surface area contributed by atoms with E-state index in [0.717, 1.165) is 0 Å². The molecule has 0 spiro atoms. The number of hydrogen-bond donors (Lipinski definition) is 1. The third-order valence-electron chi connectivity index (χ3n) is 2.33. The summed E-state index contributed by atoms with van der Waals surface area (Å²) in [4.78, 5) is 15.0. The van der Waals surface area contributed by atoms with Crippen LogP contribution < -0.4 is 14.9 Å². The number of pyridine rings is 1. The summed E-state index contributed by atoms with van der Waals surface area (Å²) in [5, 5.41) is 0.551. The maximum atomic E-state index is 12.0. The minimum absolute atomic E-state index is 0.0335. The standard InChI is InChI=1S/C11H10INO3/c1-15-6-3-8-10(9(4-6)16-2)11(14)7(12)5-13-8/h3-5H,1-2H3,(H,13,14). The number of rotatable bonds is 2. The molecule has 0 aliphatic heterocycles. The predicted octanol–water partition coefficient (Wildman–Crippen LogP) is 2.15. The molecular formula is C11H10INO3. The van der Waals surface area contributed by atoms with Crippen LogP contribution in [-0.4, -0.2) is 19.2 Å². The number of fused-ring (bicyclic) bond motifs is 1. The van der Waals surface area contributed by atoms with E-state index in [9.17, 15) is 4.79 Å². The van der Waals surface area contributed by atoms with Crippen LogP contribution in [-0.2, 0) is 0 Å². The summed E-state index contributed by atoms with van der Waals surface area (Å²) in [6.45, 7) is 0.